The molecular formula is C27H32ClN7O2S. The van der Waals surface area contributed by atoms with Gasteiger partial charge < -0.3 is 31.6 Å². The Bertz CT molecular complexity index is 1330. The third-order valence-corrected chi connectivity index (χ3v) is 9.63. The Morgan fingerprint density at radius 2 is 1.87 bits per heavy atom. The second kappa shape index (κ2) is 10.4. The van der Waals surface area contributed by atoms with Gasteiger partial charge in [-0.2, -0.15) is 0 Å². The number of hydrogen-bond acceptors (Lipinski definition) is 10. The normalized spacial score (nSPS) is 21.0. The average Bonchev–Trinajstić information content (AvgIpc) is 3.19. The van der Waals surface area contributed by atoms with Crippen LogP contribution in [-0.2, 0) is 11.2 Å². The zero-order valence-electron chi connectivity index (χ0n) is 21.1. The molecule has 6 N–H and O–H groups in total. The number of nitrogens with zero attached hydrogens (tertiary/aromatic N) is 4. The number of nitrogen functional groups attached to an aromatic ring is 2. The fraction of sp³-hybridized carbons (Fsp3) is 0.444. The van der Waals surface area contributed by atoms with Crippen LogP contribution in [0.2, 0.25) is 5.02 Å². The van der Waals surface area contributed by atoms with Crippen molar-refractivity contribution in [1.82, 2.24) is 15.0 Å². The standard InChI is InChI=1S/C27H32ClN7O2S/c28-22-20(3-8-32-24(22)30)38-26-25(31)34-21(15-33-26)35-9-6-27(7-10-35)14-16-1-2-18(13-19(16)23(27)29)37-17-4-11-36-12-5-17/h1-3,8,13,15,17,23H,4-7,9-12,14,29H2,(H2,30,32)(H2,31,34)/t23-/m1/s1. The second-order valence-electron chi connectivity index (χ2n) is 10.3. The van der Waals surface area contributed by atoms with Crippen LogP contribution in [0.1, 0.15) is 42.9 Å². The molecule has 1 spiro atoms. The minimum atomic E-state index is -0.00892. The summed E-state index contributed by atoms with van der Waals surface area (Å²) in [6.07, 6.45) is 8.41. The Morgan fingerprint density at radius 1 is 1.08 bits per heavy atom. The first-order chi connectivity index (χ1) is 18.4. The summed E-state index contributed by atoms with van der Waals surface area (Å²) in [5.41, 5.74) is 21.6. The highest BCUT2D eigenvalue weighted by molar-refractivity contribution is 7.99. The van der Waals surface area contributed by atoms with Gasteiger partial charge in [0.2, 0.25) is 0 Å². The van der Waals surface area contributed by atoms with Crippen molar-refractivity contribution in [2.24, 2.45) is 11.1 Å². The minimum absolute atomic E-state index is 0.00892. The summed E-state index contributed by atoms with van der Waals surface area (Å²) in [6, 6.07) is 8.25. The van der Waals surface area contributed by atoms with E-state index in [9.17, 15) is 0 Å². The Morgan fingerprint density at radius 3 is 2.63 bits per heavy atom. The fourth-order valence-corrected chi connectivity index (χ4v) is 6.82. The monoisotopic (exact) mass is 553 g/mol. The van der Waals surface area contributed by atoms with Crippen molar-refractivity contribution in [3.8, 4) is 5.75 Å². The van der Waals surface area contributed by atoms with Gasteiger partial charge in [0.15, 0.2) is 5.82 Å². The number of aromatic nitrogens is 3. The predicted octanol–water partition coefficient (Wildman–Crippen LogP) is 4.24. The molecule has 11 heteroatoms. The molecule has 1 atom stereocenters. The van der Waals surface area contributed by atoms with Crippen LogP contribution in [-0.4, -0.2) is 47.4 Å². The lowest BCUT2D eigenvalue weighted by molar-refractivity contribution is 0.0255. The molecule has 38 heavy (non-hydrogen) atoms. The highest BCUT2D eigenvalue weighted by atomic mass is 35.5. The van der Waals surface area contributed by atoms with E-state index in [4.69, 9.17) is 38.3 Å². The van der Waals surface area contributed by atoms with E-state index in [0.29, 0.717) is 15.9 Å². The summed E-state index contributed by atoms with van der Waals surface area (Å²) in [5, 5.41) is 0.974. The fourth-order valence-electron chi connectivity index (χ4n) is 5.81. The Balaban J connectivity index is 1.11. The maximum atomic E-state index is 6.91. The number of piperidine rings is 1. The van der Waals surface area contributed by atoms with E-state index in [1.807, 2.05) is 0 Å². The van der Waals surface area contributed by atoms with Gasteiger partial charge in [0.25, 0.3) is 0 Å². The third-order valence-electron chi connectivity index (χ3n) is 8.05. The van der Waals surface area contributed by atoms with Crippen LogP contribution in [0.25, 0.3) is 0 Å². The predicted molar refractivity (Wildman–Crippen MR) is 150 cm³/mol. The Kier molecular flexibility index (Phi) is 6.98. The molecular weight excluding hydrogens is 522 g/mol. The molecule has 9 nitrogen and oxygen atoms in total. The summed E-state index contributed by atoms with van der Waals surface area (Å²) in [5.74, 6) is 2.33. The third kappa shape index (κ3) is 4.86. The lowest BCUT2D eigenvalue weighted by atomic mass is 9.73. The van der Waals surface area contributed by atoms with Crippen molar-refractivity contribution < 1.29 is 9.47 Å². The van der Waals surface area contributed by atoms with Gasteiger partial charge >= 0.3 is 0 Å². The molecule has 1 aromatic carbocycles. The Hall–Kier alpha value is -2.79. The second-order valence-corrected chi connectivity index (χ2v) is 11.7. The first-order valence-corrected chi connectivity index (χ1v) is 14.2. The minimum Gasteiger partial charge on any atom is -0.490 e. The summed E-state index contributed by atoms with van der Waals surface area (Å²) < 4.78 is 11.7. The molecule has 0 amide bonds. The van der Waals surface area contributed by atoms with Gasteiger partial charge in [0, 0.05) is 43.1 Å². The van der Waals surface area contributed by atoms with E-state index in [2.05, 4.69) is 38.1 Å². The quantitative estimate of drug-likeness (QED) is 0.420. The molecule has 200 valence electrons. The lowest BCUT2D eigenvalue weighted by Crippen LogP contribution is -2.44. The number of halogens is 1. The van der Waals surface area contributed by atoms with Crippen LogP contribution in [0.4, 0.5) is 17.5 Å². The van der Waals surface area contributed by atoms with Gasteiger partial charge in [-0.3, -0.25) is 0 Å². The number of rotatable bonds is 5. The van der Waals surface area contributed by atoms with Gasteiger partial charge in [0.05, 0.1) is 24.4 Å². The molecule has 1 aliphatic carbocycles. The highest BCUT2D eigenvalue weighted by Crippen LogP contribution is 2.52. The molecule has 2 fully saturated rings. The topological polar surface area (TPSA) is 138 Å². The van der Waals surface area contributed by atoms with Crippen molar-refractivity contribution >= 4 is 40.8 Å². The van der Waals surface area contributed by atoms with Gasteiger partial charge in [-0.25, -0.2) is 15.0 Å². The number of anilines is 3. The molecule has 6 rings (SSSR count). The van der Waals surface area contributed by atoms with Crippen LogP contribution in [0.15, 0.2) is 46.6 Å². The van der Waals surface area contributed by atoms with Crippen molar-refractivity contribution in [3.05, 3.63) is 52.8 Å². The van der Waals surface area contributed by atoms with Gasteiger partial charge in [-0.1, -0.05) is 29.4 Å². The number of fused-ring (bicyclic) bond motifs is 1. The molecule has 0 bridgehead atoms. The Labute approximate surface area is 231 Å². The SMILES string of the molecule is Nc1nc(N2CCC3(CC2)Cc2ccc(OC4CCOCC4)cc2[C@H]3N)cnc1Sc1ccnc(N)c1Cl. The van der Waals surface area contributed by atoms with E-state index in [1.54, 1.807) is 18.5 Å². The first-order valence-electron chi connectivity index (χ1n) is 13.0. The van der Waals surface area contributed by atoms with Crippen molar-refractivity contribution in [3.63, 3.8) is 0 Å². The highest BCUT2D eigenvalue weighted by Gasteiger charge is 2.46. The lowest BCUT2D eigenvalue weighted by Gasteiger charge is -2.42. The maximum absolute atomic E-state index is 6.91. The molecule has 0 radical (unpaired) electrons. The molecule has 0 unspecified atom stereocenters. The van der Waals surface area contributed by atoms with E-state index >= 15 is 0 Å². The number of pyridine rings is 1. The van der Waals surface area contributed by atoms with E-state index < -0.39 is 0 Å². The molecule has 2 aromatic heterocycles. The molecule has 3 aromatic rings. The van der Waals surface area contributed by atoms with Crippen molar-refractivity contribution in [2.75, 3.05) is 42.7 Å². The van der Waals surface area contributed by atoms with E-state index in [1.165, 1.54) is 22.9 Å². The zero-order chi connectivity index (χ0) is 26.3. The van der Waals surface area contributed by atoms with Gasteiger partial charge in [-0.05, 0) is 54.0 Å². The summed E-state index contributed by atoms with van der Waals surface area (Å²) in [7, 11) is 0. The van der Waals surface area contributed by atoms with Gasteiger partial charge in [0.1, 0.15) is 28.5 Å². The number of nitrogens with two attached hydrogens (primary N) is 3. The van der Waals surface area contributed by atoms with E-state index in [0.717, 1.165) is 74.9 Å². The van der Waals surface area contributed by atoms with Gasteiger partial charge in [-0.15, -0.1) is 0 Å². The largest absolute Gasteiger partial charge is 0.490 e. The molecule has 4 heterocycles. The number of ether oxygens (including phenoxy) is 2. The summed E-state index contributed by atoms with van der Waals surface area (Å²) in [6.45, 7) is 3.22. The average molecular weight is 554 g/mol. The molecule has 2 saturated heterocycles. The molecule has 0 saturated carbocycles. The first kappa shape index (κ1) is 25.5. The maximum Gasteiger partial charge on any atom is 0.158 e. The van der Waals surface area contributed by atoms with Crippen LogP contribution in [0.3, 0.4) is 0 Å². The van der Waals surface area contributed by atoms with Crippen LogP contribution in [0.5, 0.6) is 5.75 Å². The van der Waals surface area contributed by atoms with Crippen molar-refractivity contribution in [1.29, 1.82) is 0 Å². The van der Waals surface area contributed by atoms with Crippen LogP contribution < -0.4 is 26.8 Å². The van der Waals surface area contributed by atoms with Crippen molar-refractivity contribution in [2.45, 2.75) is 54.2 Å². The molecule has 3 aliphatic rings. The zero-order valence-corrected chi connectivity index (χ0v) is 22.7. The summed E-state index contributed by atoms with van der Waals surface area (Å²) in [4.78, 5) is 16.2. The number of hydrogen-bond donors (Lipinski definition) is 3. The van der Waals surface area contributed by atoms with Crippen LogP contribution in [0, 0.1) is 5.41 Å². The smallest absolute Gasteiger partial charge is 0.158 e. The molecule has 2 aliphatic heterocycles. The number of benzene rings is 1. The summed E-state index contributed by atoms with van der Waals surface area (Å²) >= 11 is 7.61. The van der Waals surface area contributed by atoms with Crippen LogP contribution >= 0.6 is 23.4 Å². The van der Waals surface area contributed by atoms with E-state index in [-0.39, 0.29) is 23.4 Å².